The summed E-state index contributed by atoms with van der Waals surface area (Å²) < 4.78 is 5.91. The van der Waals surface area contributed by atoms with Crippen LogP contribution in [0.4, 0.5) is 5.69 Å². The van der Waals surface area contributed by atoms with E-state index in [2.05, 4.69) is 20.8 Å². The lowest BCUT2D eigenvalue weighted by Crippen LogP contribution is -2.22. The number of fused-ring (bicyclic) bond motifs is 1. The van der Waals surface area contributed by atoms with E-state index >= 15 is 0 Å². The topological polar surface area (TPSA) is 96.6 Å². The highest BCUT2D eigenvalue weighted by Crippen LogP contribution is 2.31. The van der Waals surface area contributed by atoms with Crippen LogP contribution in [0.5, 0.6) is 0 Å². The smallest absolute Gasteiger partial charge is 0.291 e. The van der Waals surface area contributed by atoms with Crippen LogP contribution in [0, 0.1) is 13.8 Å². The molecule has 0 saturated heterocycles. The Labute approximate surface area is 184 Å². The Morgan fingerprint density at radius 3 is 2.77 bits per heavy atom. The van der Waals surface area contributed by atoms with Gasteiger partial charge in [0.05, 0.1) is 11.3 Å². The first kappa shape index (κ1) is 20.8. The zero-order chi connectivity index (χ0) is 22.0. The Morgan fingerprint density at radius 1 is 1.16 bits per heavy atom. The van der Waals surface area contributed by atoms with Crippen molar-refractivity contribution < 1.29 is 14.0 Å². The normalized spacial score (nSPS) is 14.2. The Hall–Kier alpha value is -3.45. The predicted molar refractivity (Wildman–Crippen MR) is 119 cm³/mol. The maximum Gasteiger partial charge on any atom is 0.291 e. The van der Waals surface area contributed by atoms with Crippen LogP contribution >= 0.6 is 11.6 Å². The molecule has 2 N–H and O–H groups in total. The summed E-state index contributed by atoms with van der Waals surface area (Å²) in [6, 6.07) is 8.67. The van der Waals surface area contributed by atoms with Gasteiger partial charge in [-0.15, -0.1) is 0 Å². The van der Waals surface area contributed by atoms with Crippen molar-refractivity contribution in [1.82, 2.24) is 10.4 Å². The summed E-state index contributed by atoms with van der Waals surface area (Å²) in [4.78, 5) is 29.2. The molecule has 1 aromatic carbocycles. The van der Waals surface area contributed by atoms with Crippen LogP contribution < -0.4 is 10.7 Å². The summed E-state index contributed by atoms with van der Waals surface area (Å²) in [5.41, 5.74) is 6.70. The first-order valence-corrected chi connectivity index (χ1v) is 10.3. The molecule has 2 heterocycles. The Kier molecular flexibility index (Phi) is 5.86. The van der Waals surface area contributed by atoms with Crippen molar-refractivity contribution in [3.05, 3.63) is 81.5 Å². The van der Waals surface area contributed by atoms with Crippen LogP contribution in [-0.4, -0.2) is 22.5 Å². The molecule has 0 fully saturated rings. The summed E-state index contributed by atoms with van der Waals surface area (Å²) in [7, 11) is 0. The number of furan rings is 1. The van der Waals surface area contributed by atoms with Gasteiger partial charge in [0.2, 0.25) is 0 Å². The molecule has 0 bridgehead atoms. The van der Waals surface area contributed by atoms with E-state index in [4.69, 9.17) is 16.0 Å². The van der Waals surface area contributed by atoms with E-state index in [9.17, 15) is 9.59 Å². The highest BCUT2D eigenvalue weighted by Gasteiger charge is 2.28. The lowest BCUT2D eigenvalue weighted by atomic mass is 9.93. The molecule has 8 heteroatoms. The minimum absolute atomic E-state index is 0.234. The summed E-state index contributed by atoms with van der Waals surface area (Å²) in [6.07, 6.45) is 5.27. The van der Waals surface area contributed by atoms with Gasteiger partial charge in [-0.05, 0) is 56.5 Å². The van der Waals surface area contributed by atoms with Crippen molar-refractivity contribution in [3.63, 3.8) is 0 Å². The van der Waals surface area contributed by atoms with E-state index in [0.29, 0.717) is 46.2 Å². The van der Waals surface area contributed by atoms with E-state index in [-0.39, 0.29) is 17.6 Å². The summed E-state index contributed by atoms with van der Waals surface area (Å²) >= 11 is 6.05. The molecule has 0 atom stereocenters. The van der Waals surface area contributed by atoms with Gasteiger partial charge in [0.1, 0.15) is 5.76 Å². The fourth-order valence-corrected chi connectivity index (χ4v) is 3.76. The van der Waals surface area contributed by atoms with E-state index in [0.717, 1.165) is 17.5 Å². The third-order valence-corrected chi connectivity index (χ3v) is 5.43. The number of hydrogen-bond donors (Lipinski definition) is 2. The number of nitrogens with zero attached hydrogens (tertiary/aromatic N) is 2. The molecule has 3 aromatic rings. The first-order valence-electron chi connectivity index (χ1n) is 9.91. The lowest BCUT2D eigenvalue weighted by molar-refractivity contribution is 0.0953. The minimum Gasteiger partial charge on any atom is -0.455 e. The van der Waals surface area contributed by atoms with E-state index < -0.39 is 0 Å². The van der Waals surface area contributed by atoms with Gasteiger partial charge < -0.3 is 9.73 Å². The van der Waals surface area contributed by atoms with Gasteiger partial charge >= 0.3 is 0 Å². The van der Waals surface area contributed by atoms with Gasteiger partial charge in [0.25, 0.3) is 11.8 Å². The minimum atomic E-state index is -0.351. The van der Waals surface area contributed by atoms with Crippen molar-refractivity contribution in [2.45, 2.75) is 33.1 Å². The molecule has 2 aromatic heterocycles. The van der Waals surface area contributed by atoms with Crippen LogP contribution in [0.2, 0.25) is 5.02 Å². The van der Waals surface area contributed by atoms with Crippen LogP contribution in [0.3, 0.4) is 0 Å². The second-order valence-corrected chi connectivity index (χ2v) is 7.80. The largest absolute Gasteiger partial charge is 0.455 e. The Bertz CT molecular complexity index is 1190. The molecule has 1 aliphatic rings. The fraction of sp³-hybridized carbons (Fsp3) is 0.217. The number of hydrogen-bond acceptors (Lipinski definition) is 5. The number of aromatic nitrogens is 1. The number of anilines is 1. The van der Waals surface area contributed by atoms with Gasteiger partial charge in [0, 0.05) is 40.7 Å². The Balaban J connectivity index is 1.59. The molecule has 0 spiro atoms. The van der Waals surface area contributed by atoms with Gasteiger partial charge in [-0.2, -0.15) is 5.10 Å². The van der Waals surface area contributed by atoms with Crippen molar-refractivity contribution in [1.29, 1.82) is 0 Å². The molecule has 0 unspecified atom stereocenters. The zero-order valence-electron chi connectivity index (χ0n) is 17.2. The SMILES string of the molecule is Cc1ccc(Cl)cc1NC(=O)c1oc2c(c1C)/C(=N/NC(=O)c1cccnc1)CCC2. The maximum absolute atomic E-state index is 12.9. The van der Waals surface area contributed by atoms with E-state index in [1.807, 2.05) is 19.9 Å². The first-order chi connectivity index (χ1) is 14.9. The number of pyridine rings is 1. The molecular weight excluding hydrogens is 416 g/mol. The number of aryl methyl sites for hydroxylation is 2. The third-order valence-electron chi connectivity index (χ3n) is 5.20. The number of nitrogens with one attached hydrogen (secondary N) is 2. The molecule has 0 aliphatic heterocycles. The van der Waals surface area contributed by atoms with Crippen molar-refractivity contribution in [2.75, 3.05) is 5.32 Å². The zero-order valence-corrected chi connectivity index (χ0v) is 17.9. The predicted octanol–water partition coefficient (Wildman–Crippen LogP) is 4.67. The number of benzene rings is 1. The average molecular weight is 437 g/mol. The summed E-state index contributed by atoms with van der Waals surface area (Å²) in [6.45, 7) is 3.72. The molecule has 0 radical (unpaired) electrons. The molecule has 0 saturated carbocycles. The monoisotopic (exact) mass is 436 g/mol. The number of halogens is 1. The van der Waals surface area contributed by atoms with Gasteiger partial charge in [-0.3, -0.25) is 14.6 Å². The molecule has 7 nitrogen and oxygen atoms in total. The quantitative estimate of drug-likeness (QED) is 0.581. The highest BCUT2D eigenvalue weighted by molar-refractivity contribution is 6.31. The number of carbonyl (C=O) groups is 2. The van der Waals surface area contributed by atoms with Crippen LogP contribution in [0.15, 0.2) is 52.2 Å². The molecule has 31 heavy (non-hydrogen) atoms. The molecule has 2 amide bonds. The standard InChI is InChI=1S/C23H21ClN4O3/c1-13-8-9-16(24)11-18(13)26-23(30)21-14(2)20-17(6-3-7-19(20)31-21)27-28-22(29)15-5-4-10-25-12-15/h4-5,8-12H,3,6-7H2,1-2H3,(H,26,30)(H,28,29)/b27-17+. The van der Waals surface area contributed by atoms with Crippen molar-refractivity contribution >= 4 is 34.8 Å². The third kappa shape index (κ3) is 4.36. The van der Waals surface area contributed by atoms with E-state index in [1.165, 1.54) is 6.20 Å². The summed E-state index contributed by atoms with van der Waals surface area (Å²) in [5.74, 6) is 0.239. The number of carbonyl (C=O) groups excluding carboxylic acids is 2. The highest BCUT2D eigenvalue weighted by atomic mass is 35.5. The van der Waals surface area contributed by atoms with Gasteiger partial charge in [-0.25, -0.2) is 5.43 Å². The summed E-state index contributed by atoms with van der Waals surface area (Å²) in [5, 5.41) is 7.73. The average Bonchev–Trinajstić information content (AvgIpc) is 3.12. The number of rotatable bonds is 4. The molecule has 158 valence electrons. The van der Waals surface area contributed by atoms with Crippen LogP contribution in [0.1, 0.15) is 56.2 Å². The van der Waals surface area contributed by atoms with Crippen LogP contribution in [-0.2, 0) is 6.42 Å². The maximum atomic E-state index is 12.9. The second-order valence-electron chi connectivity index (χ2n) is 7.36. The second kappa shape index (κ2) is 8.73. The fourth-order valence-electron chi connectivity index (χ4n) is 3.58. The molecule has 4 rings (SSSR count). The van der Waals surface area contributed by atoms with E-state index in [1.54, 1.807) is 30.5 Å². The van der Waals surface area contributed by atoms with Crippen molar-refractivity contribution in [2.24, 2.45) is 5.10 Å². The lowest BCUT2D eigenvalue weighted by Gasteiger charge is -2.13. The van der Waals surface area contributed by atoms with Gasteiger partial charge in [-0.1, -0.05) is 17.7 Å². The molecular formula is C23H21ClN4O3. The van der Waals surface area contributed by atoms with Crippen LogP contribution in [0.25, 0.3) is 0 Å². The number of hydrazone groups is 1. The van der Waals surface area contributed by atoms with Crippen molar-refractivity contribution in [3.8, 4) is 0 Å². The molecule has 1 aliphatic carbocycles. The Morgan fingerprint density at radius 2 is 2.00 bits per heavy atom. The number of amides is 2. The van der Waals surface area contributed by atoms with Gasteiger partial charge in [0.15, 0.2) is 5.76 Å².